The SMILES string of the molecule is CCOC(=O)c1cccnc1N(C(=O)OC(C)(C)C)C(=O)OC(C)(C)C. The Morgan fingerprint density at radius 1 is 1.00 bits per heavy atom. The first-order chi connectivity index (χ1) is 11.9. The van der Waals surface area contributed by atoms with Crippen molar-refractivity contribution in [2.45, 2.75) is 59.7 Å². The monoisotopic (exact) mass is 366 g/mol. The van der Waals surface area contributed by atoms with Crippen molar-refractivity contribution in [3.8, 4) is 0 Å². The number of aromatic nitrogens is 1. The summed E-state index contributed by atoms with van der Waals surface area (Å²) in [5.74, 6) is -0.929. The van der Waals surface area contributed by atoms with Crippen LogP contribution in [0.15, 0.2) is 18.3 Å². The minimum Gasteiger partial charge on any atom is -0.462 e. The van der Waals surface area contributed by atoms with Gasteiger partial charge in [-0.1, -0.05) is 0 Å². The Morgan fingerprint density at radius 3 is 1.92 bits per heavy atom. The highest BCUT2D eigenvalue weighted by Crippen LogP contribution is 2.24. The highest BCUT2D eigenvalue weighted by atomic mass is 16.6. The fourth-order valence-corrected chi connectivity index (χ4v) is 1.81. The summed E-state index contributed by atoms with van der Waals surface area (Å²) in [5.41, 5.74) is -1.78. The zero-order valence-electron chi connectivity index (χ0n) is 16.3. The third-order valence-corrected chi connectivity index (χ3v) is 2.65. The molecule has 0 saturated heterocycles. The lowest BCUT2D eigenvalue weighted by Crippen LogP contribution is -2.44. The number of rotatable bonds is 3. The smallest absolute Gasteiger partial charge is 0.425 e. The van der Waals surface area contributed by atoms with Gasteiger partial charge in [-0.2, -0.15) is 4.90 Å². The molecule has 0 bridgehead atoms. The maximum absolute atomic E-state index is 12.6. The second-order valence-corrected chi connectivity index (χ2v) is 7.39. The van der Waals surface area contributed by atoms with Crippen LogP contribution in [0.3, 0.4) is 0 Å². The first-order valence-electron chi connectivity index (χ1n) is 8.24. The minimum atomic E-state index is -1.00. The first-order valence-corrected chi connectivity index (χ1v) is 8.24. The molecule has 0 saturated carbocycles. The van der Waals surface area contributed by atoms with Crippen LogP contribution in [0.2, 0.25) is 0 Å². The molecule has 0 unspecified atom stereocenters. The van der Waals surface area contributed by atoms with Gasteiger partial charge in [-0.05, 0) is 60.6 Å². The molecule has 8 nitrogen and oxygen atoms in total. The first kappa shape index (κ1) is 21.4. The summed E-state index contributed by atoms with van der Waals surface area (Å²) in [7, 11) is 0. The number of esters is 1. The number of hydrogen-bond donors (Lipinski definition) is 0. The van der Waals surface area contributed by atoms with Crippen LogP contribution in [-0.2, 0) is 14.2 Å². The molecule has 0 atom stereocenters. The maximum atomic E-state index is 12.6. The van der Waals surface area contributed by atoms with Crippen LogP contribution in [0, 0.1) is 0 Å². The van der Waals surface area contributed by atoms with Crippen molar-refractivity contribution in [2.75, 3.05) is 11.5 Å². The Morgan fingerprint density at radius 2 is 1.50 bits per heavy atom. The van der Waals surface area contributed by atoms with Gasteiger partial charge in [0.15, 0.2) is 5.82 Å². The van der Waals surface area contributed by atoms with Gasteiger partial charge in [-0.3, -0.25) is 0 Å². The van der Waals surface area contributed by atoms with E-state index in [-0.39, 0.29) is 18.0 Å². The largest absolute Gasteiger partial charge is 0.462 e. The number of nitrogens with zero attached hydrogens (tertiary/aromatic N) is 2. The van der Waals surface area contributed by atoms with Gasteiger partial charge in [0, 0.05) is 6.20 Å². The summed E-state index contributed by atoms with van der Waals surface area (Å²) in [6, 6.07) is 2.90. The normalized spacial score (nSPS) is 11.5. The molecule has 0 aliphatic heterocycles. The molecule has 144 valence electrons. The van der Waals surface area contributed by atoms with Crippen LogP contribution >= 0.6 is 0 Å². The van der Waals surface area contributed by atoms with Gasteiger partial charge in [-0.15, -0.1) is 0 Å². The fourth-order valence-electron chi connectivity index (χ4n) is 1.81. The quantitative estimate of drug-likeness (QED) is 0.590. The van der Waals surface area contributed by atoms with Gasteiger partial charge in [0.05, 0.1) is 6.61 Å². The third-order valence-electron chi connectivity index (χ3n) is 2.65. The molecule has 2 amide bonds. The van der Waals surface area contributed by atoms with E-state index in [1.54, 1.807) is 48.5 Å². The Labute approximate surface area is 153 Å². The van der Waals surface area contributed by atoms with E-state index in [9.17, 15) is 14.4 Å². The molecule has 0 spiro atoms. The summed E-state index contributed by atoms with van der Waals surface area (Å²) in [6.07, 6.45) is -0.660. The van der Waals surface area contributed by atoms with Crippen molar-refractivity contribution in [3.05, 3.63) is 23.9 Å². The molecule has 1 aromatic heterocycles. The van der Waals surface area contributed by atoms with Crippen LogP contribution in [-0.4, -0.2) is 40.9 Å². The van der Waals surface area contributed by atoms with Crippen molar-refractivity contribution in [3.63, 3.8) is 0 Å². The standard InChI is InChI=1S/C18H26N2O6/c1-8-24-14(21)12-10-9-11-19-13(12)20(15(22)25-17(2,3)4)16(23)26-18(5,6)7/h9-11H,8H2,1-7H3. The molecule has 26 heavy (non-hydrogen) atoms. The van der Waals surface area contributed by atoms with Gasteiger partial charge in [-0.25, -0.2) is 19.4 Å². The number of hydrogen-bond acceptors (Lipinski definition) is 7. The van der Waals surface area contributed by atoms with E-state index < -0.39 is 29.4 Å². The number of anilines is 1. The summed E-state index contributed by atoms with van der Waals surface area (Å²) in [5, 5.41) is 0. The summed E-state index contributed by atoms with van der Waals surface area (Å²) >= 11 is 0. The van der Waals surface area contributed by atoms with Crippen LogP contribution in [0.5, 0.6) is 0 Å². The molecule has 1 heterocycles. The van der Waals surface area contributed by atoms with Crippen LogP contribution < -0.4 is 4.90 Å². The Kier molecular flexibility index (Phi) is 6.72. The predicted molar refractivity (Wildman–Crippen MR) is 95.1 cm³/mol. The highest BCUT2D eigenvalue weighted by Gasteiger charge is 2.36. The van der Waals surface area contributed by atoms with Crippen molar-refractivity contribution in [2.24, 2.45) is 0 Å². The number of carbonyl (C=O) groups excluding carboxylic acids is 3. The Balaban J connectivity index is 3.39. The number of amides is 2. The lowest BCUT2D eigenvalue weighted by Gasteiger charge is -2.28. The molecule has 0 aliphatic rings. The van der Waals surface area contributed by atoms with E-state index in [0.717, 1.165) is 0 Å². The van der Waals surface area contributed by atoms with Gasteiger partial charge in [0.2, 0.25) is 0 Å². The van der Waals surface area contributed by atoms with E-state index in [1.165, 1.54) is 18.3 Å². The van der Waals surface area contributed by atoms with Crippen LogP contribution in [0.1, 0.15) is 58.8 Å². The van der Waals surface area contributed by atoms with Crippen molar-refractivity contribution < 1.29 is 28.6 Å². The van der Waals surface area contributed by atoms with E-state index in [1.807, 2.05) is 0 Å². The number of pyridine rings is 1. The van der Waals surface area contributed by atoms with Crippen molar-refractivity contribution in [1.82, 2.24) is 4.98 Å². The molecule has 8 heteroatoms. The molecule has 1 rings (SSSR count). The number of imide groups is 1. The molecule has 0 aromatic carbocycles. The molecular formula is C18H26N2O6. The Bertz CT molecular complexity index is 645. The van der Waals surface area contributed by atoms with Crippen molar-refractivity contribution >= 4 is 24.0 Å². The van der Waals surface area contributed by atoms with Gasteiger partial charge >= 0.3 is 18.2 Å². The van der Waals surface area contributed by atoms with E-state index in [0.29, 0.717) is 4.90 Å². The summed E-state index contributed by atoms with van der Waals surface area (Å²) in [6.45, 7) is 11.7. The molecule has 0 N–H and O–H groups in total. The fraction of sp³-hybridized carbons (Fsp3) is 0.556. The topological polar surface area (TPSA) is 95.0 Å². The zero-order valence-corrected chi connectivity index (χ0v) is 16.3. The lowest BCUT2D eigenvalue weighted by atomic mass is 10.2. The highest BCUT2D eigenvalue weighted by molar-refractivity contribution is 6.12. The number of ether oxygens (including phenoxy) is 3. The van der Waals surface area contributed by atoms with Crippen LogP contribution in [0.4, 0.5) is 15.4 Å². The maximum Gasteiger partial charge on any atom is 0.425 e. The molecule has 0 aliphatic carbocycles. The molecular weight excluding hydrogens is 340 g/mol. The van der Waals surface area contributed by atoms with Gasteiger partial charge < -0.3 is 14.2 Å². The Hall–Kier alpha value is -2.64. The third kappa shape index (κ3) is 6.34. The molecule has 0 fully saturated rings. The second kappa shape index (κ2) is 8.16. The predicted octanol–water partition coefficient (Wildman–Crippen LogP) is 3.93. The number of carbonyl (C=O) groups is 3. The molecule has 1 aromatic rings. The summed E-state index contributed by atoms with van der Waals surface area (Å²) in [4.78, 5) is 42.1. The van der Waals surface area contributed by atoms with E-state index in [4.69, 9.17) is 14.2 Å². The van der Waals surface area contributed by atoms with Crippen molar-refractivity contribution in [1.29, 1.82) is 0 Å². The van der Waals surface area contributed by atoms with Gasteiger partial charge in [0.1, 0.15) is 16.8 Å². The van der Waals surface area contributed by atoms with Gasteiger partial charge in [0.25, 0.3) is 0 Å². The van der Waals surface area contributed by atoms with Crippen LogP contribution in [0.25, 0.3) is 0 Å². The lowest BCUT2D eigenvalue weighted by molar-refractivity contribution is 0.0428. The zero-order chi connectivity index (χ0) is 20.1. The van der Waals surface area contributed by atoms with E-state index in [2.05, 4.69) is 4.98 Å². The van der Waals surface area contributed by atoms with E-state index >= 15 is 0 Å². The average molecular weight is 366 g/mol. The second-order valence-electron chi connectivity index (χ2n) is 7.39. The molecule has 0 radical (unpaired) electrons. The summed E-state index contributed by atoms with van der Waals surface area (Å²) < 4.78 is 15.5. The minimum absolute atomic E-state index is 0.0499. The average Bonchev–Trinajstić information content (AvgIpc) is 2.44.